The summed E-state index contributed by atoms with van der Waals surface area (Å²) in [6, 6.07) is 0. The molecule has 7 nitrogen and oxygen atoms in total. The number of nitrogens with zero attached hydrogens (tertiary/aromatic N) is 1. The Labute approximate surface area is 166 Å². The average Bonchev–Trinajstić information content (AvgIpc) is 2.57. The van der Waals surface area contributed by atoms with Crippen LogP contribution in [0.4, 0.5) is 0 Å². The number of likely N-dealkylation sites (N-methyl/N-ethyl adjacent to an activating group) is 1. The van der Waals surface area contributed by atoms with Crippen LogP contribution in [-0.2, 0) is 23.1 Å². The Morgan fingerprint density at radius 2 is 1.48 bits per heavy atom. The second-order valence-corrected chi connectivity index (χ2v) is 9.47. The van der Waals surface area contributed by atoms with Gasteiger partial charge in [-0.05, 0) is 6.42 Å². The Kier molecular flexibility index (Phi) is 15.9. The van der Waals surface area contributed by atoms with E-state index in [0.29, 0.717) is 24.2 Å². The lowest BCUT2D eigenvalue weighted by atomic mass is 10.1. The van der Waals surface area contributed by atoms with Gasteiger partial charge < -0.3 is 18.9 Å². The summed E-state index contributed by atoms with van der Waals surface area (Å²) in [5.74, 6) is 0. The van der Waals surface area contributed by atoms with Crippen LogP contribution >= 0.6 is 7.82 Å². The van der Waals surface area contributed by atoms with E-state index in [1.54, 1.807) is 0 Å². The number of unbranched alkanes of at least 4 members (excludes halogenated alkanes) is 7. The van der Waals surface area contributed by atoms with Crippen LogP contribution in [0.15, 0.2) is 0 Å². The summed E-state index contributed by atoms with van der Waals surface area (Å²) < 4.78 is 33.4. The average molecular weight is 413 g/mol. The molecule has 2 unspecified atom stereocenters. The van der Waals surface area contributed by atoms with Crippen molar-refractivity contribution in [3.8, 4) is 0 Å². The summed E-state index contributed by atoms with van der Waals surface area (Å²) >= 11 is 0. The van der Waals surface area contributed by atoms with Crippen LogP contribution in [0.1, 0.15) is 58.3 Å². The van der Waals surface area contributed by atoms with Crippen LogP contribution in [0.25, 0.3) is 0 Å². The summed E-state index contributed by atoms with van der Waals surface area (Å²) in [5.41, 5.74) is 0. The van der Waals surface area contributed by atoms with Crippen LogP contribution in [-0.4, -0.2) is 76.7 Å². The van der Waals surface area contributed by atoms with E-state index < -0.39 is 7.82 Å². The molecule has 1 N–H and O–H groups in total. The molecule has 0 bridgehead atoms. The molecule has 0 aromatic rings. The van der Waals surface area contributed by atoms with E-state index in [1.807, 2.05) is 21.1 Å². The van der Waals surface area contributed by atoms with E-state index in [2.05, 4.69) is 6.92 Å². The SMILES string of the molecule is CCCCCCCCCCOCC(COP(=O)(O)OCC[N+](C)(C)C)OC. The molecule has 0 amide bonds. The second kappa shape index (κ2) is 15.9. The van der Waals surface area contributed by atoms with Crippen LogP contribution in [0.3, 0.4) is 0 Å². The van der Waals surface area contributed by atoms with E-state index in [-0.39, 0.29) is 19.3 Å². The first-order valence-corrected chi connectivity index (χ1v) is 11.7. The highest BCUT2D eigenvalue weighted by atomic mass is 31.2. The summed E-state index contributed by atoms with van der Waals surface area (Å²) in [6.07, 6.45) is 9.66. The molecule has 0 rings (SSSR count). The Hall–Kier alpha value is -0.0100. The largest absolute Gasteiger partial charge is 0.472 e. The van der Waals surface area contributed by atoms with Crippen molar-refractivity contribution in [2.75, 3.05) is 61.2 Å². The van der Waals surface area contributed by atoms with Crippen molar-refractivity contribution in [1.29, 1.82) is 0 Å². The van der Waals surface area contributed by atoms with Crippen molar-refractivity contribution in [1.82, 2.24) is 0 Å². The van der Waals surface area contributed by atoms with Gasteiger partial charge >= 0.3 is 7.82 Å². The molecule has 0 aliphatic rings. The van der Waals surface area contributed by atoms with E-state index in [4.69, 9.17) is 18.5 Å². The van der Waals surface area contributed by atoms with Crippen LogP contribution in [0, 0.1) is 0 Å². The lowest BCUT2D eigenvalue weighted by Crippen LogP contribution is -2.37. The first-order valence-electron chi connectivity index (χ1n) is 10.2. The van der Waals surface area contributed by atoms with Crippen LogP contribution in [0.5, 0.6) is 0 Å². The molecule has 0 heterocycles. The van der Waals surface area contributed by atoms with E-state index in [0.717, 1.165) is 6.42 Å². The molecule has 0 saturated heterocycles. The smallest absolute Gasteiger partial charge is 0.379 e. The van der Waals surface area contributed by atoms with Gasteiger partial charge in [0.25, 0.3) is 0 Å². The molecule has 0 aromatic heterocycles. The van der Waals surface area contributed by atoms with E-state index in [1.165, 1.54) is 52.1 Å². The van der Waals surface area contributed by atoms with E-state index in [9.17, 15) is 9.46 Å². The van der Waals surface area contributed by atoms with Crippen molar-refractivity contribution in [3.05, 3.63) is 0 Å². The van der Waals surface area contributed by atoms with Crippen molar-refractivity contribution in [3.63, 3.8) is 0 Å². The molecule has 0 radical (unpaired) electrons. The van der Waals surface area contributed by atoms with Gasteiger partial charge in [0.2, 0.25) is 0 Å². The normalized spacial score (nSPS) is 15.6. The maximum absolute atomic E-state index is 11.9. The predicted octanol–water partition coefficient (Wildman–Crippen LogP) is 4.00. The third-order valence-corrected chi connectivity index (χ3v) is 5.20. The molecule has 0 fully saturated rings. The number of hydrogen-bond acceptors (Lipinski definition) is 5. The second-order valence-electron chi connectivity index (χ2n) is 8.02. The minimum atomic E-state index is -4.06. The van der Waals surface area contributed by atoms with Gasteiger partial charge in [-0.25, -0.2) is 4.57 Å². The fourth-order valence-electron chi connectivity index (χ4n) is 2.38. The molecular weight excluding hydrogens is 369 g/mol. The minimum absolute atomic E-state index is 0.0356. The molecule has 2 atom stereocenters. The molecular formula is C19H43NO6P+. The third-order valence-electron chi connectivity index (χ3n) is 4.22. The topological polar surface area (TPSA) is 74.2 Å². The lowest BCUT2D eigenvalue weighted by Gasteiger charge is -2.24. The zero-order valence-electron chi connectivity index (χ0n) is 18.2. The van der Waals surface area contributed by atoms with Gasteiger partial charge in [-0.2, -0.15) is 0 Å². The summed E-state index contributed by atoms with van der Waals surface area (Å²) in [6.45, 7) is 3.98. The number of quaternary nitrogens is 1. The first kappa shape index (κ1) is 27.0. The molecule has 0 saturated carbocycles. The molecule has 164 valence electrons. The Bertz CT molecular complexity index is 389. The van der Waals surface area contributed by atoms with Gasteiger partial charge in [0.15, 0.2) is 0 Å². The highest BCUT2D eigenvalue weighted by Gasteiger charge is 2.24. The van der Waals surface area contributed by atoms with Crippen molar-refractivity contribution in [2.24, 2.45) is 0 Å². The Balaban J connectivity index is 3.72. The zero-order chi connectivity index (χ0) is 20.6. The fourth-order valence-corrected chi connectivity index (χ4v) is 3.12. The van der Waals surface area contributed by atoms with Gasteiger partial charge in [-0.15, -0.1) is 0 Å². The number of rotatable bonds is 19. The molecule has 0 aliphatic heterocycles. The van der Waals surface area contributed by atoms with Gasteiger partial charge in [-0.3, -0.25) is 9.05 Å². The Morgan fingerprint density at radius 3 is 2.04 bits per heavy atom. The van der Waals surface area contributed by atoms with Crippen LogP contribution in [0.2, 0.25) is 0 Å². The number of phosphoric acid groups is 1. The number of methoxy groups -OCH3 is 1. The number of hydrogen-bond donors (Lipinski definition) is 1. The predicted molar refractivity (Wildman–Crippen MR) is 109 cm³/mol. The standard InChI is InChI=1S/C19H42NO6P/c1-6-7-8-9-10-11-12-13-15-24-17-19(23-5)18-26-27(21,22)25-16-14-20(2,3)4/h19H,6-18H2,1-5H3/p+1. The molecule has 0 aromatic carbocycles. The Morgan fingerprint density at radius 1 is 0.889 bits per heavy atom. The van der Waals surface area contributed by atoms with Gasteiger partial charge in [0.05, 0.1) is 34.4 Å². The summed E-state index contributed by atoms with van der Waals surface area (Å²) in [4.78, 5) is 9.71. The van der Waals surface area contributed by atoms with Gasteiger partial charge in [-0.1, -0.05) is 51.9 Å². The maximum atomic E-state index is 11.9. The lowest BCUT2D eigenvalue weighted by molar-refractivity contribution is -0.870. The zero-order valence-corrected chi connectivity index (χ0v) is 19.0. The fraction of sp³-hybridized carbons (Fsp3) is 1.00. The van der Waals surface area contributed by atoms with Crippen molar-refractivity contribution < 1.29 is 32.5 Å². The molecule has 27 heavy (non-hydrogen) atoms. The van der Waals surface area contributed by atoms with Crippen LogP contribution < -0.4 is 0 Å². The molecule has 0 aliphatic carbocycles. The minimum Gasteiger partial charge on any atom is -0.379 e. The molecule has 8 heteroatoms. The monoisotopic (exact) mass is 412 g/mol. The quantitative estimate of drug-likeness (QED) is 0.196. The number of ether oxygens (including phenoxy) is 2. The maximum Gasteiger partial charge on any atom is 0.472 e. The number of phosphoric ester groups is 1. The van der Waals surface area contributed by atoms with Crippen molar-refractivity contribution >= 4 is 7.82 Å². The van der Waals surface area contributed by atoms with Gasteiger partial charge in [0, 0.05) is 13.7 Å². The highest BCUT2D eigenvalue weighted by Crippen LogP contribution is 2.43. The first-order chi connectivity index (χ1) is 12.7. The van der Waals surface area contributed by atoms with Crippen molar-refractivity contribution in [2.45, 2.75) is 64.4 Å². The van der Waals surface area contributed by atoms with Gasteiger partial charge in [0.1, 0.15) is 19.3 Å². The highest BCUT2D eigenvalue weighted by molar-refractivity contribution is 7.47. The third kappa shape index (κ3) is 19.1. The van der Waals surface area contributed by atoms with E-state index >= 15 is 0 Å². The summed E-state index contributed by atoms with van der Waals surface area (Å²) in [7, 11) is 3.43. The summed E-state index contributed by atoms with van der Waals surface area (Å²) in [5, 5.41) is 0. The molecule has 0 spiro atoms.